The molecule has 0 amide bonds. The molecule has 1 aromatic heterocycles. The van der Waals surface area contributed by atoms with Crippen molar-refractivity contribution in [1.82, 2.24) is 9.97 Å². The van der Waals surface area contributed by atoms with E-state index in [-0.39, 0.29) is 5.82 Å². The number of rotatable bonds is 3. The Balaban J connectivity index is 2.46. The fraction of sp³-hybridized carbons (Fsp3) is 0.214. The number of carbonyl (C=O) groups is 1. The van der Waals surface area contributed by atoms with E-state index in [1.165, 1.54) is 5.56 Å². The molecule has 0 radical (unpaired) electrons. The van der Waals surface area contributed by atoms with Crippen LogP contribution in [0, 0.1) is 6.92 Å². The molecule has 1 heterocycles. The molecule has 92 valence electrons. The number of aromatic carboxylic acids is 1. The Morgan fingerprint density at radius 1 is 1.22 bits per heavy atom. The van der Waals surface area contributed by atoms with Crippen molar-refractivity contribution in [3.8, 4) is 11.3 Å². The van der Waals surface area contributed by atoms with Crippen molar-refractivity contribution >= 4 is 5.97 Å². The SMILES string of the molecule is CCc1ccc(-c2cc(C)nc(C(=O)O)n2)cc1. The fourth-order valence-corrected chi connectivity index (χ4v) is 1.72. The summed E-state index contributed by atoms with van der Waals surface area (Å²) in [4.78, 5) is 18.8. The Kier molecular flexibility index (Phi) is 3.37. The van der Waals surface area contributed by atoms with E-state index in [2.05, 4.69) is 16.9 Å². The summed E-state index contributed by atoms with van der Waals surface area (Å²) in [6.45, 7) is 3.85. The first-order valence-corrected chi connectivity index (χ1v) is 5.78. The number of aryl methyl sites for hydroxylation is 2. The molecule has 0 aliphatic rings. The van der Waals surface area contributed by atoms with E-state index in [0.717, 1.165) is 12.0 Å². The molecule has 0 unspecified atom stereocenters. The van der Waals surface area contributed by atoms with Crippen molar-refractivity contribution < 1.29 is 9.90 Å². The number of carboxylic acids is 1. The van der Waals surface area contributed by atoms with Crippen LogP contribution in [0.1, 0.15) is 28.8 Å². The molecule has 1 N–H and O–H groups in total. The molecule has 1 aromatic carbocycles. The van der Waals surface area contributed by atoms with E-state index < -0.39 is 5.97 Å². The van der Waals surface area contributed by atoms with Gasteiger partial charge in [0, 0.05) is 11.3 Å². The minimum atomic E-state index is -1.11. The number of hydrogen-bond acceptors (Lipinski definition) is 3. The van der Waals surface area contributed by atoms with Crippen LogP contribution in [-0.2, 0) is 6.42 Å². The average Bonchev–Trinajstić information content (AvgIpc) is 2.38. The lowest BCUT2D eigenvalue weighted by atomic mass is 10.1. The van der Waals surface area contributed by atoms with E-state index in [9.17, 15) is 4.79 Å². The molecule has 2 rings (SSSR count). The second-order valence-corrected chi connectivity index (χ2v) is 4.07. The molecular weight excluding hydrogens is 228 g/mol. The summed E-state index contributed by atoms with van der Waals surface area (Å²) < 4.78 is 0. The topological polar surface area (TPSA) is 63.1 Å². The van der Waals surface area contributed by atoms with E-state index >= 15 is 0 Å². The summed E-state index contributed by atoms with van der Waals surface area (Å²) in [5.41, 5.74) is 3.43. The van der Waals surface area contributed by atoms with Gasteiger partial charge in [-0.1, -0.05) is 31.2 Å². The first-order valence-electron chi connectivity index (χ1n) is 5.78. The Morgan fingerprint density at radius 2 is 1.89 bits per heavy atom. The lowest BCUT2D eigenvalue weighted by Crippen LogP contribution is -2.06. The van der Waals surface area contributed by atoms with Gasteiger partial charge in [-0.05, 0) is 25.0 Å². The molecule has 18 heavy (non-hydrogen) atoms. The molecular formula is C14H14N2O2. The van der Waals surface area contributed by atoms with Crippen LogP contribution in [0.4, 0.5) is 0 Å². The lowest BCUT2D eigenvalue weighted by Gasteiger charge is -2.04. The lowest BCUT2D eigenvalue weighted by molar-refractivity contribution is 0.0683. The van der Waals surface area contributed by atoms with Crippen LogP contribution in [0.3, 0.4) is 0 Å². The van der Waals surface area contributed by atoms with E-state index in [1.54, 1.807) is 13.0 Å². The summed E-state index contributed by atoms with van der Waals surface area (Å²) in [5.74, 6) is -1.27. The largest absolute Gasteiger partial charge is 0.475 e. The van der Waals surface area contributed by atoms with Crippen molar-refractivity contribution in [2.24, 2.45) is 0 Å². The van der Waals surface area contributed by atoms with Crippen LogP contribution in [0.5, 0.6) is 0 Å². The summed E-state index contributed by atoms with van der Waals surface area (Å²) in [7, 11) is 0. The van der Waals surface area contributed by atoms with Crippen molar-refractivity contribution in [2.45, 2.75) is 20.3 Å². The van der Waals surface area contributed by atoms with Gasteiger partial charge >= 0.3 is 5.97 Å². The number of carboxylic acid groups (broad SMARTS) is 1. The molecule has 0 aliphatic heterocycles. The molecule has 0 bridgehead atoms. The Bertz CT molecular complexity index is 577. The first-order chi connectivity index (χ1) is 8.60. The Morgan fingerprint density at radius 3 is 2.44 bits per heavy atom. The third kappa shape index (κ3) is 2.53. The van der Waals surface area contributed by atoms with Gasteiger partial charge in [-0.15, -0.1) is 0 Å². The number of benzene rings is 1. The summed E-state index contributed by atoms with van der Waals surface area (Å²) in [6, 6.07) is 9.73. The van der Waals surface area contributed by atoms with Gasteiger partial charge in [-0.25, -0.2) is 14.8 Å². The summed E-state index contributed by atoms with van der Waals surface area (Å²) in [5, 5.41) is 8.94. The molecule has 4 nitrogen and oxygen atoms in total. The average molecular weight is 242 g/mol. The number of nitrogens with zero attached hydrogens (tertiary/aromatic N) is 2. The molecule has 0 saturated heterocycles. The highest BCUT2D eigenvalue weighted by molar-refractivity contribution is 5.84. The number of aromatic nitrogens is 2. The smallest absolute Gasteiger partial charge is 0.373 e. The zero-order valence-electron chi connectivity index (χ0n) is 10.3. The molecule has 0 atom stereocenters. The van der Waals surface area contributed by atoms with Crippen LogP contribution in [0.15, 0.2) is 30.3 Å². The number of hydrogen-bond donors (Lipinski definition) is 1. The van der Waals surface area contributed by atoms with E-state index in [4.69, 9.17) is 5.11 Å². The van der Waals surface area contributed by atoms with Gasteiger partial charge < -0.3 is 5.11 Å². The fourth-order valence-electron chi connectivity index (χ4n) is 1.72. The van der Waals surface area contributed by atoms with E-state index in [1.807, 2.05) is 24.3 Å². The molecule has 0 saturated carbocycles. The van der Waals surface area contributed by atoms with Gasteiger partial charge in [0.1, 0.15) is 0 Å². The van der Waals surface area contributed by atoms with Gasteiger partial charge in [0.05, 0.1) is 5.69 Å². The third-order valence-corrected chi connectivity index (χ3v) is 2.70. The highest BCUT2D eigenvalue weighted by Gasteiger charge is 2.10. The van der Waals surface area contributed by atoms with Crippen LogP contribution < -0.4 is 0 Å². The van der Waals surface area contributed by atoms with Crippen LogP contribution in [0.2, 0.25) is 0 Å². The minimum absolute atomic E-state index is 0.162. The second-order valence-electron chi connectivity index (χ2n) is 4.07. The molecule has 0 spiro atoms. The van der Waals surface area contributed by atoms with Gasteiger partial charge in [0.25, 0.3) is 0 Å². The summed E-state index contributed by atoms with van der Waals surface area (Å²) >= 11 is 0. The second kappa shape index (κ2) is 4.96. The maximum Gasteiger partial charge on any atom is 0.373 e. The van der Waals surface area contributed by atoms with Crippen molar-refractivity contribution in [2.75, 3.05) is 0 Å². The predicted molar refractivity (Wildman–Crippen MR) is 68.5 cm³/mol. The normalized spacial score (nSPS) is 10.3. The predicted octanol–water partition coefficient (Wildman–Crippen LogP) is 2.71. The molecule has 2 aromatic rings. The highest BCUT2D eigenvalue weighted by atomic mass is 16.4. The van der Waals surface area contributed by atoms with Crippen LogP contribution in [0.25, 0.3) is 11.3 Å². The van der Waals surface area contributed by atoms with Crippen molar-refractivity contribution in [3.63, 3.8) is 0 Å². The van der Waals surface area contributed by atoms with E-state index in [0.29, 0.717) is 11.4 Å². The van der Waals surface area contributed by atoms with Crippen LogP contribution in [-0.4, -0.2) is 21.0 Å². The minimum Gasteiger partial charge on any atom is -0.475 e. The van der Waals surface area contributed by atoms with Gasteiger partial charge in [0.15, 0.2) is 0 Å². The standard InChI is InChI=1S/C14H14N2O2/c1-3-10-4-6-11(7-5-10)12-8-9(2)15-13(16-12)14(17)18/h4-8H,3H2,1-2H3,(H,17,18). The van der Waals surface area contributed by atoms with Gasteiger partial charge in [-0.2, -0.15) is 0 Å². The van der Waals surface area contributed by atoms with Crippen molar-refractivity contribution in [3.05, 3.63) is 47.4 Å². The molecule has 4 heteroatoms. The summed E-state index contributed by atoms with van der Waals surface area (Å²) in [6.07, 6.45) is 0.976. The molecule has 0 fully saturated rings. The zero-order valence-corrected chi connectivity index (χ0v) is 10.3. The Hall–Kier alpha value is -2.23. The zero-order chi connectivity index (χ0) is 13.1. The van der Waals surface area contributed by atoms with Crippen LogP contribution >= 0.6 is 0 Å². The first kappa shape index (κ1) is 12.2. The van der Waals surface area contributed by atoms with Gasteiger partial charge in [-0.3, -0.25) is 0 Å². The van der Waals surface area contributed by atoms with Gasteiger partial charge in [0.2, 0.25) is 5.82 Å². The quantitative estimate of drug-likeness (QED) is 0.898. The monoisotopic (exact) mass is 242 g/mol. The Labute approximate surface area is 105 Å². The maximum absolute atomic E-state index is 10.9. The molecule has 0 aliphatic carbocycles. The third-order valence-electron chi connectivity index (χ3n) is 2.70. The highest BCUT2D eigenvalue weighted by Crippen LogP contribution is 2.18. The van der Waals surface area contributed by atoms with Crippen molar-refractivity contribution in [1.29, 1.82) is 0 Å². The maximum atomic E-state index is 10.9.